The molecule has 0 bridgehead atoms. The predicted octanol–water partition coefficient (Wildman–Crippen LogP) is 4.15. The molecule has 1 atom stereocenters. The maximum Gasteiger partial charge on any atom is 0.172 e. The molecule has 2 aromatic carbocycles. The monoisotopic (exact) mass is 348 g/mol. The normalized spacial score (nSPS) is 12.9. The largest absolute Gasteiger partial charge is 0.365 e. The third-order valence-corrected chi connectivity index (χ3v) is 5.04. The number of ether oxygens (including phenoxy) is 1. The van der Waals surface area contributed by atoms with E-state index in [0.717, 1.165) is 46.6 Å². The topological polar surface area (TPSA) is 44.9 Å². The summed E-state index contributed by atoms with van der Waals surface area (Å²) < 4.78 is 10.1. The van der Waals surface area contributed by atoms with Gasteiger partial charge < -0.3 is 13.9 Å². The zero-order valence-electron chi connectivity index (χ0n) is 15.7. The fourth-order valence-electron chi connectivity index (χ4n) is 3.66. The molecule has 0 aliphatic carbocycles. The molecule has 5 heteroatoms. The number of benzene rings is 2. The van der Waals surface area contributed by atoms with Crippen molar-refractivity contribution in [1.82, 2.24) is 19.1 Å². The minimum atomic E-state index is -0.320. The van der Waals surface area contributed by atoms with Crippen LogP contribution in [-0.2, 0) is 25.3 Å². The summed E-state index contributed by atoms with van der Waals surface area (Å²) in [5.74, 6) is 1.73. The molecule has 0 saturated heterocycles. The molecule has 0 N–H and O–H groups in total. The van der Waals surface area contributed by atoms with Crippen molar-refractivity contribution in [2.75, 3.05) is 7.11 Å². The Labute approximate surface area is 153 Å². The van der Waals surface area contributed by atoms with Crippen LogP contribution in [0.15, 0.2) is 42.5 Å². The van der Waals surface area contributed by atoms with Gasteiger partial charge in [-0.05, 0) is 36.2 Å². The molecule has 2 heterocycles. The average Bonchev–Trinajstić information content (AvgIpc) is 3.15. The van der Waals surface area contributed by atoms with Crippen LogP contribution >= 0.6 is 0 Å². The number of methoxy groups -OCH3 is 1. The number of rotatable bonds is 5. The van der Waals surface area contributed by atoms with Crippen molar-refractivity contribution in [3.63, 3.8) is 0 Å². The second kappa shape index (κ2) is 6.57. The Morgan fingerprint density at radius 3 is 2.23 bits per heavy atom. The van der Waals surface area contributed by atoms with Crippen LogP contribution in [0.1, 0.15) is 36.7 Å². The number of aryl methyl sites for hydroxylation is 3. The van der Waals surface area contributed by atoms with E-state index in [1.54, 1.807) is 7.11 Å². The Morgan fingerprint density at radius 1 is 0.923 bits per heavy atom. The smallest absolute Gasteiger partial charge is 0.172 e. The van der Waals surface area contributed by atoms with Crippen LogP contribution in [0.5, 0.6) is 0 Å². The molecule has 4 aromatic rings. The van der Waals surface area contributed by atoms with E-state index in [9.17, 15) is 0 Å². The van der Waals surface area contributed by atoms with E-state index < -0.39 is 0 Å². The van der Waals surface area contributed by atoms with E-state index in [1.807, 2.05) is 25.2 Å². The molecular formula is C21H24N4O. The highest BCUT2D eigenvalue weighted by atomic mass is 16.5. The van der Waals surface area contributed by atoms with Crippen LogP contribution in [0.3, 0.4) is 0 Å². The average molecular weight is 348 g/mol. The van der Waals surface area contributed by atoms with Crippen LogP contribution in [0.4, 0.5) is 0 Å². The van der Waals surface area contributed by atoms with Crippen LogP contribution < -0.4 is 0 Å². The molecule has 0 aliphatic rings. The van der Waals surface area contributed by atoms with Gasteiger partial charge in [0.2, 0.25) is 0 Å². The van der Waals surface area contributed by atoms with Crippen molar-refractivity contribution >= 4 is 22.1 Å². The quantitative estimate of drug-likeness (QED) is 0.544. The lowest BCUT2D eigenvalue weighted by Crippen LogP contribution is -2.14. The number of hydrogen-bond acceptors (Lipinski definition) is 3. The Kier molecular flexibility index (Phi) is 4.24. The zero-order valence-corrected chi connectivity index (χ0v) is 15.7. The van der Waals surface area contributed by atoms with E-state index in [4.69, 9.17) is 14.7 Å². The van der Waals surface area contributed by atoms with E-state index in [2.05, 4.69) is 47.4 Å². The highest BCUT2D eigenvalue weighted by Gasteiger charge is 2.25. The zero-order chi connectivity index (χ0) is 18.3. The molecule has 5 nitrogen and oxygen atoms in total. The molecule has 0 aliphatic heterocycles. The molecule has 0 fully saturated rings. The first kappa shape index (κ1) is 16.8. The number of nitrogens with zero attached hydrogens (tertiary/aromatic N) is 4. The first-order chi connectivity index (χ1) is 12.6. The Balaban J connectivity index is 1.85. The molecule has 0 radical (unpaired) electrons. The van der Waals surface area contributed by atoms with Gasteiger partial charge in [-0.25, -0.2) is 9.97 Å². The summed E-state index contributed by atoms with van der Waals surface area (Å²) in [6.07, 6.45) is 1.89. The predicted molar refractivity (Wildman–Crippen MR) is 104 cm³/mol. The van der Waals surface area contributed by atoms with E-state index in [-0.39, 0.29) is 6.10 Å². The minimum Gasteiger partial charge on any atom is -0.365 e. The summed E-state index contributed by atoms with van der Waals surface area (Å²) >= 11 is 0. The van der Waals surface area contributed by atoms with Crippen LogP contribution in [0.2, 0.25) is 0 Å². The summed E-state index contributed by atoms with van der Waals surface area (Å²) in [6.45, 7) is 2.20. The number of aromatic nitrogens is 4. The first-order valence-electron chi connectivity index (χ1n) is 9.03. The van der Waals surface area contributed by atoms with Gasteiger partial charge in [-0.3, -0.25) is 0 Å². The number of hydrogen-bond donors (Lipinski definition) is 0. The lowest BCUT2D eigenvalue weighted by Gasteiger charge is -2.15. The summed E-state index contributed by atoms with van der Waals surface area (Å²) in [4.78, 5) is 9.66. The molecule has 0 unspecified atom stereocenters. The molecule has 0 amide bonds. The fourth-order valence-corrected chi connectivity index (χ4v) is 3.66. The number of fused-ring (bicyclic) bond motifs is 2. The van der Waals surface area contributed by atoms with E-state index >= 15 is 0 Å². The lowest BCUT2D eigenvalue weighted by molar-refractivity contribution is 0.118. The third-order valence-electron chi connectivity index (χ3n) is 5.04. The van der Waals surface area contributed by atoms with Crippen molar-refractivity contribution in [1.29, 1.82) is 0 Å². The van der Waals surface area contributed by atoms with Crippen LogP contribution in [-0.4, -0.2) is 26.2 Å². The highest BCUT2D eigenvalue weighted by molar-refractivity contribution is 5.78. The van der Waals surface area contributed by atoms with Gasteiger partial charge in [-0.2, -0.15) is 0 Å². The highest BCUT2D eigenvalue weighted by Crippen LogP contribution is 2.29. The SMILES string of the molecule is CCCc1ccc2nc([C@@H](OC)c3nc4ccccc4n3C)n(C)c2c1. The third kappa shape index (κ3) is 2.59. The standard InChI is InChI=1S/C21H24N4O/c1-5-8-14-11-12-16-18(13-14)25(3)21(23-16)19(26-4)20-22-15-9-6-7-10-17(15)24(20)2/h6-7,9-13,19H,5,8H2,1-4H3/t19-/m0/s1. The van der Waals surface area contributed by atoms with Crippen molar-refractivity contribution in [3.8, 4) is 0 Å². The summed E-state index contributed by atoms with van der Waals surface area (Å²) in [6, 6.07) is 14.6. The summed E-state index contributed by atoms with van der Waals surface area (Å²) in [7, 11) is 5.79. The number of imidazole rings is 2. The summed E-state index contributed by atoms with van der Waals surface area (Å²) in [5.41, 5.74) is 5.52. The second-order valence-corrected chi connectivity index (χ2v) is 6.74. The molecule has 0 saturated carbocycles. The van der Waals surface area contributed by atoms with Crippen molar-refractivity contribution in [2.24, 2.45) is 14.1 Å². The minimum absolute atomic E-state index is 0.320. The van der Waals surface area contributed by atoms with Gasteiger partial charge in [0.05, 0.1) is 22.1 Å². The van der Waals surface area contributed by atoms with Gasteiger partial charge in [0.25, 0.3) is 0 Å². The fraction of sp³-hybridized carbons (Fsp3) is 0.333. The Hall–Kier alpha value is -2.66. The van der Waals surface area contributed by atoms with Crippen LogP contribution in [0.25, 0.3) is 22.1 Å². The van der Waals surface area contributed by atoms with Crippen molar-refractivity contribution in [3.05, 3.63) is 59.7 Å². The van der Waals surface area contributed by atoms with Crippen molar-refractivity contribution < 1.29 is 4.74 Å². The van der Waals surface area contributed by atoms with E-state index in [0.29, 0.717) is 0 Å². The van der Waals surface area contributed by atoms with Crippen LogP contribution in [0, 0.1) is 0 Å². The number of para-hydroxylation sites is 2. The molecule has 26 heavy (non-hydrogen) atoms. The van der Waals surface area contributed by atoms with Gasteiger partial charge >= 0.3 is 0 Å². The molecule has 0 spiro atoms. The Morgan fingerprint density at radius 2 is 1.58 bits per heavy atom. The Bertz CT molecular complexity index is 1080. The molecule has 134 valence electrons. The maximum absolute atomic E-state index is 5.85. The molecule has 2 aromatic heterocycles. The van der Waals surface area contributed by atoms with Crippen molar-refractivity contribution in [2.45, 2.75) is 25.9 Å². The van der Waals surface area contributed by atoms with Gasteiger partial charge in [-0.15, -0.1) is 0 Å². The van der Waals surface area contributed by atoms with Gasteiger partial charge in [0, 0.05) is 21.2 Å². The van der Waals surface area contributed by atoms with E-state index in [1.165, 1.54) is 5.56 Å². The van der Waals surface area contributed by atoms with Gasteiger partial charge in [0.15, 0.2) is 6.10 Å². The van der Waals surface area contributed by atoms with Gasteiger partial charge in [-0.1, -0.05) is 31.5 Å². The molecule has 4 rings (SSSR count). The molecular weight excluding hydrogens is 324 g/mol. The first-order valence-corrected chi connectivity index (χ1v) is 9.03. The maximum atomic E-state index is 5.85. The van der Waals surface area contributed by atoms with Gasteiger partial charge in [0.1, 0.15) is 11.6 Å². The lowest BCUT2D eigenvalue weighted by atomic mass is 10.1. The second-order valence-electron chi connectivity index (χ2n) is 6.74. The summed E-state index contributed by atoms with van der Waals surface area (Å²) in [5, 5.41) is 0.